The summed E-state index contributed by atoms with van der Waals surface area (Å²) in [6.07, 6.45) is 5.81. The van der Waals surface area contributed by atoms with Gasteiger partial charge >= 0.3 is 23.4 Å². The minimum absolute atomic E-state index is 0.210. The van der Waals surface area contributed by atoms with E-state index in [2.05, 4.69) is 0 Å². The average molecular weight is 342 g/mol. The third-order valence-corrected chi connectivity index (χ3v) is 4.80. The molecule has 2 saturated carbocycles. The second kappa shape index (κ2) is 7.36. The largest absolute Gasteiger partial charge is 0.563 e. The first-order valence-corrected chi connectivity index (χ1v) is 8.65. The Labute approximate surface area is 141 Å². The smallest absolute Gasteiger partial charge is 0.379 e. The lowest BCUT2D eigenvalue weighted by molar-refractivity contribution is -1.05. The molecule has 0 atom stereocenters. The maximum atomic E-state index is 12.9. The highest BCUT2D eigenvalue weighted by Gasteiger charge is 2.56. The molecule has 0 bridgehead atoms. The van der Waals surface area contributed by atoms with Crippen LogP contribution in [-0.4, -0.2) is 33.1 Å². The fourth-order valence-electron chi connectivity index (χ4n) is 3.74. The van der Waals surface area contributed by atoms with Gasteiger partial charge in [0.25, 0.3) is 0 Å². The number of azo groups is 1. The molecule has 8 heteroatoms. The van der Waals surface area contributed by atoms with Gasteiger partial charge in [0, 0.05) is 13.8 Å². The summed E-state index contributed by atoms with van der Waals surface area (Å²) in [5, 5.41) is 25.8. The summed E-state index contributed by atoms with van der Waals surface area (Å²) in [5.74, 6) is -1.20. The first kappa shape index (κ1) is 18.5. The van der Waals surface area contributed by atoms with Crippen molar-refractivity contribution < 1.29 is 28.8 Å². The Morgan fingerprint density at radius 1 is 0.708 bits per heavy atom. The summed E-state index contributed by atoms with van der Waals surface area (Å²) in [7, 11) is 0. The van der Waals surface area contributed by atoms with Gasteiger partial charge in [-0.3, -0.25) is 9.59 Å². The van der Waals surface area contributed by atoms with Crippen LogP contribution in [0.3, 0.4) is 0 Å². The Kier molecular flexibility index (Phi) is 5.66. The minimum atomic E-state index is -1.50. The summed E-state index contributed by atoms with van der Waals surface area (Å²) in [6, 6.07) is 0. The van der Waals surface area contributed by atoms with Crippen molar-refractivity contribution in [3.63, 3.8) is 0 Å². The fraction of sp³-hybridized carbons (Fsp3) is 0.875. The zero-order chi connectivity index (χ0) is 17.8. The molecule has 0 aliphatic heterocycles. The van der Waals surface area contributed by atoms with Crippen molar-refractivity contribution in [1.82, 2.24) is 0 Å². The molecule has 0 N–H and O–H groups in total. The zero-order valence-electron chi connectivity index (χ0n) is 14.4. The van der Waals surface area contributed by atoms with Crippen molar-refractivity contribution in [2.75, 3.05) is 0 Å². The summed E-state index contributed by atoms with van der Waals surface area (Å²) in [6.45, 7) is 2.45. The van der Waals surface area contributed by atoms with Gasteiger partial charge in [0.15, 0.2) is 0 Å². The molecule has 2 rings (SSSR count). The molecule has 0 unspecified atom stereocenters. The topological polar surface area (TPSA) is 105 Å². The van der Waals surface area contributed by atoms with Crippen LogP contribution in [0.15, 0.2) is 0 Å². The average Bonchev–Trinajstić information content (AvgIpc) is 2.54. The first-order valence-electron chi connectivity index (χ1n) is 8.65. The Morgan fingerprint density at radius 3 is 1.25 bits per heavy atom. The van der Waals surface area contributed by atoms with E-state index in [4.69, 9.17) is 9.47 Å². The molecule has 24 heavy (non-hydrogen) atoms. The van der Waals surface area contributed by atoms with Crippen molar-refractivity contribution >= 4 is 11.9 Å². The number of hydrogen-bond donors (Lipinski definition) is 0. The Morgan fingerprint density at radius 2 is 1.00 bits per heavy atom. The van der Waals surface area contributed by atoms with E-state index in [1.54, 1.807) is 0 Å². The van der Waals surface area contributed by atoms with Gasteiger partial charge in [0.05, 0.1) is 35.4 Å². The number of hydroxylamine groups is 2. The minimum Gasteiger partial charge on any atom is -0.563 e. The van der Waals surface area contributed by atoms with E-state index in [0.29, 0.717) is 51.4 Å². The van der Waals surface area contributed by atoms with Crippen molar-refractivity contribution in [2.24, 2.45) is 0 Å². The second-order valence-electron chi connectivity index (χ2n) is 6.75. The number of carbonyl (C=O) groups excluding carboxylic acids is 2. The summed E-state index contributed by atoms with van der Waals surface area (Å²) >= 11 is 0. The molecule has 0 spiro atoms. The zero-order valence-corrected chi connectivity index (χ0v) is 14.4. The van der Waals surface area contributed by atoms with Gasteiger partial charge in [-0.15, -0.1) is 0 Å². The maximum Gasteiger partial charge on any atom is 0.379 e. The monoisotopic (exact) mass is 342 g/mol. The normalized spacial score (nSPS) is 23.8. The quantitative estimate of drug-likeness (QED) is 0.256. The Balaban J connectivity index is 2.42. The summed E-state index contributed by atoms with van der Waals surface area (Å²) in [5.41, 5.74) is -3.01. The van der Waals surface area contributed by atoms with Crippen molar-refractivity contribution in [3.8, 4) is 0 Å². The maximum absolute atomic E-state index is 12.9. The number of esters is 2. The van der Waals surface area contributed by atoms with Crippen LogP contribution < -0.4 is 0 Å². The van der Waals surface area contributed by atoms with E-state index < -0.39 is 23.4 Å². The highest BCUT2D eigenvalue weighted by molar-refractivity contribution is 5.66. The summed E-state index contributed by atoms with van der Waals surface area (Å²) in [4.78, 5) is 23.4. The van der Waals surface area contributed by atoms with Crippen molar-refractivity contribution in [2.45, 2.75) is 89.5 Å². The summed E-state index contributed by atoms with van der Waals surface area (Å²) < 4.78 is 10.6. The molecule has 0 aromatic rings. The van der Waals surface area contributed by atoms with E-state index in [1.807, 2.05) is 0 Å². The molecule has 0 aromatic carbocycles. The lowest BCUT2D eigenvalue weighted by atomic mass is 9.91. The number of rotatable bonds is 4. The van der Waals surface area contributed by atoms with Crippen LogP contribution in [0.25, 0.3) is 0 Å². The van der Waals surface area contributed by atoms with Crippen LogP contribution in [0.5, 0.6) is 0 Å². The standard InChI is InChI=1S/C16H26N2O6/c1-13(19)23-15(9-5-3-6-10-15)17(21)18(22)16(24-14(2)20)11-7-4-8-12-16/h3-12H2,1-2H3/b18-17+. The van der Waals surface area contributed by atoms with Crippen LogP contribution in [0.4, 0.5) is 0 Å². The third-order valence-electron chi connectivity index (χ3n) is 4.80. The van der Waals surface area contributed by atoms with Crippen molar-refractivity contribution in [1.29, 1.82) is 0 Å². The number of hydrogen-bond acceptors (Lipinski definition) is 6. The predicted molar refractivity (Wildman–Crippen MR) is 82.4 cm³/mol. The number of ether oxygens (including phenoxy) is 2. The van der Waals surface area contributed by atoms with Crippen LogP contribution in [0.1, 0.15) is 78.1 Å². The van der Waals surface area contributed by atoms with Crippen molar-refractivity contribution in [3.05, 3.63) is 10.4 Å². The van der Waals surface area contributed by atoms with Gasteiger partial charge in [0.1, 0.15) is 0 Å². The molecule has 2 aliphatic rings. The van der Waals surface area contributed by atoms with E-state index >= 15 is 0 Å². The lowest BCUT2D eigenvalue weighted by Crippen LogP contribution is -2.55. The van der Waals surface area contributed by atoms with Gasteiger partial charge in [0.2, 0.25) is 0 Å². The molecule has 2 fully saturated rings. The van der Waals surface area contributed by atoms with Gasteiger partial charge < -0.3 is 19.9 Å². The first-order chi connectivity index (χ1) is 11.3. The molecule has 0 saturated heterocycles. The molecule has 0 heterocycles. The predicted octanol–water partition coefficient (Wildman–Crippen LogP) is 2.91. The number of nitrogens with zero attached hydrogens (tertiary/aromatic N) is 2. The van der Waals surface area contributed by atoms with E-state index in [0.717, 1.165) is 12.8 Å². The molecule has 2 aliphatic carbocycles. The molecular weight excluding hydrogens is 316 g/mol. The SMILES string of the molecule is CC(=O)OC1(/[N+]([O-])=[N+](\[O-])C2(OC(C)=O)CCCCC2)CCCCC1. The van der Waals surface area contributed by atoms with Gasteiger partial charge in [-0.2, -0.15) is 0 Å². The third kappa shape index (κ3) is 3.79. The highest BCUT2D eigenvalue weighted by Crippen LogP contribution is 2.37. The molecule has 0 amide bonds. The van der Waals surface area contributed by atoms with E-state index in [9.17, 15) is 20.0 Å². The molecule has 8 nitrogen and oxygen atoms in total. The van der Waals surface area contributed by atoms with Gasteiger partial charge in [-0.1, -0.05) is 12.8 Å². The lowest BCUT2D eigenvalue weighted by Gasteiger charge is -2.34. The van der Waals surface area contributed by atoms with Crippen LogP contribution in [0, 0.1) is 10.4 Å². The highest BCUT2D eigenvalue weighted by atomic mass is 16.7. The van der Waals surface area contributed by atoms with Gasteiger partial charge in [-0.05, 0) is 25.7 Å². The van der Waals surface area contributed by atoms with Crippen LogP contribution >= 0.6 is 0 Å². The fourth-order valence-corrected chi connectivity index (χ4v) is 3.74. The second-order valence-corrected chi connectivity index (χ2v) is 6.75. The molecular formula is C16H26N2O6. The Hall–Kier alpha value is -1.86. The Bertz CT molecular complexity index is 473. The van der Waals surface area contributed by atoms with E-state index in [-0.39, 0.29) is 9.72 Å². The molecule has 0 radical (unpaired) electrons. The van der Waals surface area contributed by atoms with Crippen LogP contribution in [-0.2, 0) is 19.1 Å². The number of carbonyl (C=O) groups is 2. The van der Waals surface area contributed by atoms with Crippen LogP contribution in [0.2, 0.25) is 0 Å². The van der Waals surface area contributed by atoms with Gasteiger partial charge in [-0.25, -0.2) is 0 Å². The molecule has 0 aromatic heterocycles. The van der Waals surface area contributed by atoms with E-state index in [1.165, 1.54) is 13.8 Å². The molecule has 136 valence electrons.